The van der Waals surface area contributed by atoms with Crippen LogP contribution in [0, 0.1) is 0 Å². The maximum absolute atomic E-state index is 12.9. The van der Waals surface area contributed by atoms with Gasteiger partial charge in [0.05, 0.1) is 20.4 Å². The van der Waals surface area contributed by atoms with Gasteiger partial charge in [0.25, 0.3) is 5.91 Å². The van der Waals surface area contributed by atoms with Crippen LogP contribution in [0.25, 0.3) is 20.4 Å². The molecule has 0 saturated carbocycles. The molecule has 1 fully saturated rings. The molecule has 142 valence electrons. The molecule has 1 amide bonds. The van der Waals surface area contributed by atoms with Crippen LogP contribution in [0.4, 0.5) is 5.13 Å². The predicted octanol–water partition coefficient (Wildman–Crippen LogP) is 4.43. The van der Waals surface area contributed by atoms with E-state index >= 15 is 0 Å². The molecule has 5 nitrogen and oxygen atoms in total. The molecule has 0 spiro atoms. The number of rotatable bonds is 3. The Hall–Kier alpha value is -2.51. The van der Waals surface area contributed by atoms with Gasteiger partial charge in [-0.15, -0.1) is 11.3 Å². The van der Waals surface area contributed by atoms with Crippen molar-refractivity contribution >= 4 is 54.1 Å². The number of carbonyl (C=O) groups is 1. The molecule has 28 heavy (non-hydrogen) atoms. The normalized spacial score (nSPS) is 14.9. The minimum absolute atomic E-state index is 0.0396. The van der Waals surface area contributed by atoms with Crippen molar-refractivity contribution in [3.63, 3.8) is 0 Å². The van der Waals surface area contributed by atoms with Crippen molar-refractivity contribution in [2.45, 2.75) is 13.3 Å². The number of hydrogen-bond acceptors (Lipinski definition) is 6. The first-order chi connectivity index (χ1) is 13.7. The fraction of sp³-hybridized carbons (Fsp3) is 0.286. The van der Waals surface area contributed by atoms with E-state index in [1.165, 1.54) is 21.6 Å². The maximum atomic E-state index is 12.9. The van der Waals surface area contributed by atoms with Crippen molar-refractivity contribution in [1.29, 1.82) is 0 Å². The molecule has 4 aromatic rings. The van der Waals surface area contributed by atoms with Crippen molar-refractivity contribution in [2.75, 3.05) is 31.1 Å². The number of aromatic nitrogens is 2. The van der Waals surface area contributed by atoms with Gasteiger partial charge in [-0.1, -0.05) is 36.5 Å². The van der Waals surface area contributed by atoms with Gasteiger partial charge in [0.15, 0.2) is 10.1 Å². The zero-order chi connectivity index (χ0) is 19.1. The summed E-state index contributed by atoms with van der Waals surface area (Å²) in [6.45, 7) is 5.18. The third-order valence-electron chi connectivity index (χ3n) is 5.16. The van der Waals surface area contributed by atoms with Crippen LogP contribution in [0.15, 0.2) is 42.5 Å². The number of thiazole rings is 2. The van der Waals surface area contributed by atoms with E-state index in [2.05, 4.69) is 35.0 Å². The molecule has 0 bridgehead atoms. The van der Waals surface area contributed by atoms with E-state index in [-0.39, 0.29) is 5.91 Å². The topological polar surface area (TPSA) is 49.3 Å². The van der Waals surface area contributed by atoms with Gasteiger partial charge in [0, 0.05) is 26.2 Å². The molecule has 5 rings (SSSR count). The van der Waals surface area contributed by atoms with Gasteiger partial charge in [0.1, 0.15) is 0 Å². The Bertz CT molecular complexity index is 1120. The van der Waals surface area contributed by atoms with Crippen LogP contribution in [0.2, 0.25) is 0 Å². The molecule has 3 heterocycles. The standard InChI is InChI=1S/C21H20N4OS2/c1-2-14-7-8-16-18(13-14)28-21(23-16)25-11-9-24(10-12-25)20(26)19-22-15-5-3-4-6-17(15)27-19/h3-8,13H,2,9-12H2,1H3. The van der Waals surface area contributed by atoms with Crippen LogP contribution in [-0.4, -0.2) is 47.0 Å². The Balaban J connectivity index is 1.30. The Morgan fingerprint density at radius 2 is 1.75 bits per heavy atom. The summed E-state index contributed by atoms with van der Waals surface area (Å²) in [5, 5.41) is 1.64. The molecule has 0 aliphatic carbocycles. The third-order valence-corrected chi connectivity index (χ3v) is 7.27. The Labute approximate surface area is 171 Å². The highest BCUT2D eigenvalue weighted by molar-refractivity contribution is 7.22. The molecule has 0 atom stereocenters. The number of nitrogens with zero attached hydrogens (tertiary/aromatic N) is 4. The monoisotopic (exact) mass is 408 g/mol. The number of aryl methyl sites for hydroxylation is 1. The molecule has 1 saturated heterocycles. The van der Waals surface area contributed by atoms with E-state index in [1.807, 2.05) is 29.2 Å². The number of carbonyl (C=O) groups excluding carboxylic acids is 1. The van der Waals surface area contributed by atoms with Crippen LogP contribution in [0.1, 0.15) is 22.3 Å². The van der Waals surface area contributed by atoms with E-state index in [0.29, 0.717) is 18.1 Å². The van der Waals surface area contributed by atoms with Crippen LogP contribution < -0.4 is 4.90 Å². The van der Waals surface area contributed by atoms with Crippen LogP contribution in [0.5, 0.6) is 0 Å². The van der Waals surface area contributed by atoms with E-state index in [4.69, 9.17) is 4.98 Å². The molecule has 0 unspecified atom stereocenters. The molecule has 1 aliphatic rings. The first kappa shape index (κ1) is 17.6. The average Bonchev–Trinajstić information content (AvgIpc) is 3.36. The molecule has 1 aliphatic heterocycles. The highest BCUT2D eigenvalue weighted by atomic mass is 32.1. The van der Waals surface area contributed by atoms with Gasteiger partial charge in [-0.2, -0.15) is 0 Å². The van der Waals surface area contributed by atoms with Gasteiger partial charge in [0.2, 0.25) is 0 Å². The minimum atomic E-state index is 0.0396. The number of piperazine rings is 1. The van der Waals surface area contributed by atoms with Gasteiger partial charge in [-0.25, -0.2) is 9.97 Å². The van der Waals surface area contributed by atoms with Gasteiger partial charge < -0.3 is 9.80 Å². The molecular weight excluding hydrogens is 388 g/mol. The summed E-state index contributed by atoms with van der Waals surface area (Å²) in [4.78, 5) is 26.4. The SMILES string of the molecule is CCc1ccc2nc(N3CCN(C(=O)c4nc5ccccc5s4)CC3)sc2c1. The highest BCUT2D eigenvalue weighted by Crippen LogP contribution is 2.30. The summed E-state index contributed by atoms with van der Waals surface area (Å²) >= 11 is 3.22. The fourth-order valence-corrected chi connectivity index (χ4v) is 5.53. The van der Waals surface area contributed by atoms with Crippen molar-refractivity contribution in [1.82, 2.24) is 14.9 Å². The molecule has 2 aromatic carbocycles. The van der Waals surface area contributed by atoms with Crippen molar-refractivity contribution in [3.05, 3.63) is 53.0 Å². The Morgan fingerprint density at radius 1 is 0.964 bits per heavy atom. The highest BCUT2D eigenvalue weighted by Gasteiger charge is 2.25. The second kappa shape index (κ2) is 7.14. The van der Waals surface area contributed by atoms with Gasteiger partial charge >= 0.3 is 0 Å². The molecular formula is C21H20N4OS2. The second-order valence-electron chi connectivity index (χ2n) is 6.92. The van der Waals surface area contributed by atoms with E-state index in [0.717, 1.165) is 40.4 Å². The van der Waals surface area contributed by atoms with E-state index in [1.54, 1.807) is 11.3 Å². The lowest BCUT2D eigenvalue weighted by Crippen LogP contribution is -2.48. The Morgan fingerprint density at radius 3 is 2.54 bits per heavy atom. The van der Waals surface area contributed by atoms with E-state index in [9.17, 15) is 4.79 Å². The van der Waals surface area contributed by atoms with Gasteiger partial charge in [-0.05, 0) is 36.2 Å². The summed E-state index contributed by atoms with van der Waals surface area (Å²) in [6.07, 6.45) is 1.04. The zero-order valence-corrected chi connectivity index (χ0v) is 17.2. The summed E-state index contributed by atoms with van der Waals surface area (Å²) in [7, 11) is 0. The van der Waals surface area contributed by atoms with Crippen molar-refractivity contribution in [2.24, 2.45) is 0 Å². The number of anilines is 1. The number of para-hydroxylation sites is 1. The number of fused-ring (bicyclic) bond motifs is 2. The van der Waals surface area contributed by atoms with Crippen LogP contribution >= 0.6 is 22.7 Å². The van der Waals surface area contributed by atoms with E-state index < -0.39 is 0 Å². The lowest BCUT2D eigenvalue weighted by atomic mass is 10.2. The zero-order valence-electron chi connectivity index (χ0n) is 15.6. The van der Waals surface area contributed by atoms with Crippen LogP contribution in [0.3, 0.4) is 0 Å². The Kier molecular flexibility index (Phi) is 4.49. The lowest BCUT2D eigenvalue weighted by molar-refractivity contribution is 0.0746. The van der Waals surface area contributed by atoms with Gasteiger partial charge in [-0.3, -0.25) is 4.79 Å². The third kappa shape index (κ3) is 3.14. The largest absolute Gasteiger partial charge is 0.345 e. The maximum Gasteiger partial charge on any atom is 0.282 e. The summed E-state index contributed by atoms with van der Waals surface area (Å²) in [5.41, 5.74) is 3.30. The number of hydrogen-bond donors (Lipinski definition) is 0. The minimum Gasteiger partial charge on any atom is -0.345 e. The smallest absolute Gasteiger partial charge is 0.282 e. The number of benzene rings is 2. The summed E-state index contributed by atoms with van der Waals surface area (Å²) in [5.74, 6) is 0.0396. The quantitative estimate of drug-likeness (QED) is 0.503. The lowest BCUT2D eigenvalue weighted by Gasteiger charge is -2.34. The molecule has 2 aromatic heterocycles. The summed E-state index contributed by atoms with van der Waals surface area (Å²) in [6, 6.07) is 14.4. The van der Waals surface area contributed by atoms with Crippen molar-refractivity contribution in [3.8, 4) is 0 Å². The molecule has 0 N–H and O–H groups in total. The first-order valence-electron chi connectivity index (χ1n) is 9.50. The van der Waals surface area contributed by atoms with Crippen molar-refractivity contribution < 1.29 is 4.79 Å². The summed E-state index contributed by atoms with van der Waals surface area (Å²) < 4.78 is 2.30. The fourth-order valence-electron chi connectivity index (χ4n) is 3.51. The van der Waals surface area contributed by atoms with Crippen LogP contribution in [-0.2, 0) is 6.42 Å². The first-order valence-corrected chi connectivity index (χ1v) is 11.1. The second-order valence-corrected chi connectivity index (χ2v) is 8.96. The number of amides is 1. The average molecular weight is 409 g/mol. The molecule has 0 radical (unpaired) electrons. The molecule has 7 heteroatoms. The predicted molar refractivity (Wildman–Crippen MR) is 117 cm³/mol.